The molecule has 1 aromatic rings. The predicted molar refractivity (Wildman–Crippen MR) is 68.5 cm³/mol. The predicted octanol–water partition coefficient (Wildman–Crippen LogP) is 1.60. The summed E-state index contributed by atoms with van der Waals surface area (Å²) in [6.45, 7) is 4.34. The molecule has 0 bridgehead atoms. The monoisotopic (exact) mass is 274 g/mol. The molecule has 0 saturated heterocycles. The number of hydrogen-bond acceptors (Lipinski definition) is 5. The van der Waals surface area contributed by atoms with Crippen molar-refractivity contribution < 1.29 is 14.7 Å². The van der Waals surface area contributed by atoms with E-state index in [2.05, 4.69) is 10.3 Å². The van der Waals surface area contributed by atoms with E-state index in [-0.39, 0.29) is 18.1 Å². The highest BCUT2D eigenvalue weighted by Gasteiger charge is 2.09. The first-order valence-electron chi connectivity index (χ1n) is 5.05. The second-order valence-corrected chi connectivity index (χ2v) is 6.08. The molecule has 94 valence electrons. The zero-order chi connectivity index (χ0) is 12.8. The van der Waals surface area contributed by atoms with Crippen molar-refractivity contribution >= 4 is 35.0 Å². The number of carbonyl (C=O) groups is 2. The number of carboxylic acid groups (broad SMARTS) is 1. The molecule has 0 unspecified atom stereocenters. The summed E-state index contributed by atoms with van der Waals surface area (Å²) in [4.78, 5) is 25.8. The lowest BCUT2D eigenvalue weighted by atomic mass is 10.5. The molecule has 0 radical (unpaired) electrons. The van der Waals surface area contributed by atoms with Gasteiger partial charge in [0.05, 0.1) is 12.3 Å². The van der Waals surface area contributed by atoms with Gasteiger partial charge in [-0.1, -0.05) is 13.8 Å². The molecule has 5 nitrogen and oxygen atoms in total. The number of carboxylic acids is 1. The molecular weight excluding hydrogens is 260 g/mol. The Balaban J connectivity index is 2.34. The van der Waals surface area contributed by atoms with E-state index in [1.54, 1.807) is 11.8 Å². The molecule has 0 spiro atoms. The van der Waals surface area contributed by atoms with E-state index in [4.69, 9.17) is 5.11 Å². The summed E-state index contributed by atoms with van der Waals surface area (Å²) in [6.07, 6.45) is 0. The van der Waals surface area contributed by atoms with Crippen LogP contribution >= 0.6 is 23.1 Å². The summed E-state index contributed by atoms with van der Waals surface area (Å²) in [5.41, 5.74) is 0.0239. The van der Waals surface area contributed by atoms with Crippen LogP contribution in [0.15, 0.2) is 5.38 Å². The van der Waals surface area contributed by atoms with Gasteiger partial charge < -0.3 is 10.4 Å². The molecule has 2 N–H and O–H groups in total. The highest BCUT2D eigenvalue weighted by Crippen LogP contribution is 2.10. The van der Waals surface area contributed by atoms with Crippen LogP contribution in [0.1, 0.15) is 29.3 Å². The van der Waals surface area contributed by atoms with Gasteiger partial charge in [0, 0.05) is 5.38 Å². The third kappa shape index (κ3) is 5.18. The van der Waals surface area contributed by atoms with Crippen LogP contribution in [0, 0.1) is 0 Å². The third-order valence-corrected chi connectivity index (χ3v) is 3.70. The minimum atomic E-state index is -1.05. The lowest BCUT2D eigenvalue weighted by molar-refractivity contribution is -0.118. The number of amides is 1. The van der Waals surface area contributed by atoms with Crippen LogP contribution in [-0.2, 0) is 11.3 Å². The second-order valence-electron chi connectivity index (χ2n) is 3.57. The van der Waals surface area contributed by atoms with E-state index in [9.17, 15) is 9.59 Å². The van der Waals surface area contributed by atoms with Gasteiger partial charge in [-0.25, -0.2) is 9.78 Å². The van der Waals surface area contributed by atoms with Crippen LogP contribution in [0.25, 0.3) is 0 Å². The van der Waals surface area contributed by atoms with Crippen LogP contribution in [0.2, 0.25) is 0 Å². The first-order chi connectivity index (χ1) is 7.99. The number of hydrogen-bond donors (Lipinski definition) is 2. The zero-order valence-corrected chi connectivity index (χ0v) is 11.2. The van der Waals surface area contributed by atoms with Gasteiger partial charge in [-0.05, 0) is 5.25 Å². The standard InChI is InChI=1S/C10H14N2O3S2/c1-6(2)16-5-8(13)11-3-9-12-7(4-17-9)10(14)15/h4,6H,3,5H2,1-2H3,(H,11,13)(H,14,15). The molecule has 0 saturated carbocycles. The highest BCUT2D eigenvalue weighted by atomic mass is 32.2. The van der Waals surface area contributed by atoms with Crippen molar-refractivity contribution in [3.05, 3.63) is 16.1 Å². The number of thioether (sulfide) groups is 1. The Morgan fingerprint density at radius 2 is 2.29 bits per heavy atom. The van der Waals surface area contributed by atoms with Crippen LogP contribution in [-0.4, -0.2) is 33.0 Å². The Morgan fingerprint density at radius 3 is 2.82 bits per heavy atom. The number of nitrogens with one attached hydrogen (secondary N) is 1. The lowest BCUT2D eigenvalue weighted by Gasteiger charge is -2.04. The summed E-state index contributed by atoms with van der Waals surface area (Å²) in [6, 6.07) is 0. The molecular formula is C10H14N2O3S2. The molecule has 1 amide bonds. The summed E-state index contributed by atoms with van der Waals surface area (Å²) in [7, 11) is 0. The van der Waals surface area contributed by atoms with Crippen molar-refractivity contribution in [2.45, 2.75) is 25.6 Å². The minimum Gasteiger partial charge on any atom is -0.476 e. The van der Waals surface area contributed by atoms with Crippen LogP contribution in [0.5, 0.6) is 0 Å². The Hall–Kier alpha value is -1.08. The fourth-order valence-corrected chi connectivity index (χ4v) is 2.25. The van der Waals surface area contributed by atoms with Gasteiger partial charge in [0.15, 0.2) is 5.69 Å². The summed E-state index contributed by atoms with van der Waals surface area (Å²) < 4.78 is 0. The molecule has 0 aromatic carbocycles. The number of carbonyl (C=O) groups excluding carboxylic acids is 1. The van der Waals surface area contributed by atoms with Gasteiger partial charge in [0.2, 0.25) is 5.91 Å². The fraction of sp³-hybridized carbons (Fsp3) is 0.500. The van der Waals surface area contributed by atoms with E-state index in [0.29, 0.717) is 16.0 Å². The number of aromatic nitrogens is 1. The molecule has 1 heterocycles. The van der Waals surface area contributed by atoms with Gasteiger partial charge in [-0.15, -0.1) is 23.1 Å². The first kappa shape index (κ1) is 14.0. The van der Waals surface area contributed by atoms with Crippen molar-refractivity contribution in [2.24, 2.45) is 0 Å². The Morgan fingerprint density at radius 1 is 1.59 bits per heavy atom. The SMILES string of the molecule is CC(C)SCC(=O)NCc1nc(C(=O)O)cs1. The van der Waals surface area contributed by atoms with E-state index < -0.39 is 5.97 Å². The summed E-state index contributed by atoms with van der Waals surface area (Å²) in [5, 5.41) is 13.9. The molecule has 1 rings (SSSR count). The summed E-state index contributed by atoms with van der Waals surface area (Å²) in [5.74, 6) is -0.695. The highest BCUT2D eigenvalue weighted by molar-refractivity contribution is 8.00. The topological polar surface area (TPSA) is 79.3 Å². The van der Waals surface area contributed by atoms with E-state index in [1.807, 2.05) is 13.8 Å². The third-order valence-electron chi connectivity index (χ3n) is 1.76. The van der Waals surface area contributed by atoms with Crippen molar-refractivity contribution in [3.8, 4) is 0 Å². The van der Waals surface area contributed by atoms with Crippen molar-refractivity contribution in [3.63, 3.8) is 0 Å². The van der Waals surface area contributed by atoms with E-state index >= 15 is 0 Å². The molecule has 7 heteroatoms. The lowest BCUT2D eigenvalue weighted by Crippen LogP contribution is -2.25. The number of rotatable bonds is 6. The Bertz CT molecular complexity index is 404. The number of thiazole rings is 1. The maximum atomic E-state index is 11.4. The molecule has 0 atom stereocenters. The van der Waals surface area contributed by atoms with Gasteiger partial charge in [0.25, 0.3) is 0 Å². The van der Waals surface area contributed by atoms with Crippen molar-refractivity contribution in [1.82, 2.24) is 10.3 Å². The second kappa shape index (κ2) is 6.61. The van der Waals surface area contributed by atoms with Crippen molar-refractivity contribution in [2.75, 3.05) is 5.75 Å². The largest absolute Gasteiger partial charge is 0.476 e. The quantitative estimate of drug-likeness (QED) is 0.823. The Kier molecular flexibility index (Phi) is 5.43. The van der Waals surface area contributed by atoms with Crippen LogP contribution in [0.3, 0.4) is 0 Å². The average Bonchev–Trinajstić information content (AvgIpc) is 2.72. The normalized spacial score (nSPS) is 10.5. The van der Waals surface area contributed by atoms with Crippen LogP contribution < -0.4 is 5.32 Å². The molecule has 1 aromatic heterocycles. The first-order valence-corrected chi connectivity index (χ1v) is 6.98. The van der Waals surface area contributed by atoms with Gasteiger partial charge in [0.1, 0.15) is 5.01 Å². The number of aromatic carboxylic acids is 1. The minimum absolute atomic E-state index is 0.0239. The van der Waals surface area contributed by atoms with Gasteiger partial charge >= 0.3 is 5.97 Å². The molecule has 0 aliphatic carbocycles. The van der Waals surface area contributed by atoms with Gasteiger partial charge in [-0.2, -0.15) is 0 Å². The molecule has 0 aliphatic rings. The van der Waals surface area contributed by atoms with E-state index in [0.717, 1.165) is 0 Å². The smallest absolute Gasteiger partial charge is 0.355 e. The van der Waals surface area contributed by atoms with E-state index in [1.165, 1.54) is 16.7 Å². The van der Waals surface area contributed by atoms with Crippen LogP contribution in [0.4, 0.5) is 0 Å². The number of nitrogens with zero attached hydrogens (tertiary/aromatic N) is 1. The zero-order valence-electron chi connectivity index (χ0n) is 9.60. The maximum absolute atomic E-state index is 11.4. The molecule has 0 aliphatic heterocycles. The van der Waals surface area contributed by atoms with Crippen molar-refractivity contribution in [1.29, 1.82) is 0 Å². The summed E-state index contributed by atoms with van der Waals surface area (Å²) >= 11 is 2.79. The van der Waals surface area contributed by atoms with Gasteiger partial charge in [-0.3, -0.25) is 4.79 Å². The molecule has 17 heavy (non-hydrogen) atoms. The fourth-order valence-electron chi connectivity index (χ4n) is 0.958. The maximum Gasteiger partial charge on any atom is 0.355 e. The average molecular weight is 274 g/mol. The Labute approximate surface area is 108 Å². The molecule has 0 fully saturated rings.